The molecule has 4 heteroatoms. The molecule has 1 aromatic heterocycles. The van der Waals surface area contributed by atoms with Crippen molar-refractivity contribution in [3.8, 4) is 11.6 Å². The van der Waals surface area contributed by atoms with Gasteiger partial charge in [-0.2, -0.15) is 4.98 Å². The van der Waals surface area contributed by atoms with Gasteiger partial charge in [0, 0.05) is 18.3 Å². The van der Waals surface area contributed by atoms with E-state index in [9.17, 15) is 0 Å². The van der Waals surface area contributed by atoms with Crippen LogP contribution in [0.2, 0.25) is 0 Å². The number of hydrogen-bond acceptors (Lipinski definition) is 4. The van der Waals surface area contributed by atoms with Crippen LogP contribution < -0.4 is 10.1 Å². The van der Waals surface area contributed by atoms with E-state index < -0.39 is 0 Å². The number of hydrogen-bond donors (Lipinski definition) is 1. The first-order valence-corrected chi connectivity index (χ1v) is 7.26. The molecule has 0 saturated carbocycles. The summed E-state index contributed by atoms with van der Waals surface area (Å²) in [5.74, 6) is 1.96. The Labute approximate surface area is 126 Å². The Morgan fingerprint density at radius 1 is 1.14 bits per heavy atom. The van der Waals surface area contributed by atoms with Gasteiger partial charge < -0.3 is 10.1 Å². The summed E-state index contributed by atoms with van der Waals surface area (Å²) < 4.78 is 5.87. The predicted molar refractivity (Wildman–Crippen MR) is 86.1 cm³/mol. The zero-order valence-electron chi connectivity index (χ0n) is 13.4. The van der Waals surface area contributed by atoms with E-state index in [4.69, 9.17) is 4.74 Å². The smallest absolute Gasteiger partial charge is 0.226 e. The monoisotopic (exact) mass is 285 g/mol. The molecule has 1 N–H and O–H groups in total. The summed E-state index contributed by atoms with van der Waals surface area (Å²) in [6.07, 6.45) is 1.77. The lowest BCUT2D eigenvalue weighted by atomic mass is 9.87. The lowest BCUT2D eigenvalue weighted by Gasteiger charge is -2.19. The lowest BCUT2D eigenvalue weighted by molar-refractivity contribution is 0.457. The third-order valence-corrected chi connectivity index (χ3v) is 3.20. The van der Waals surface area contributed by atoms with Gasteiger partial charge in [-0.1, -0.05) is 32.9 Å². The molecular formula is C17H23N3O. The first-order valence-electron chi connectivity index (χ1n) is 7.26. The molecule has 0 atom stereocenters. The van der Waals surface area contributed by atoms with Gasteiger partial charge in [0.2, 0.25) is 11.8 Å². The molecule has 112 valence electrons. The van der Waals surface area contributed by atoms with E-state index >= 15 is 0 Å². The Bertz CT molecular complexity index is 600. The number of aryl methyl sites for hydroxylation is 1. The Hall–Kier alpha value is -2.10. The number of nitrogens with one attached hydrogen (secondary N) is 1. The first kappa shape index (κ1) is 15.3. The molecule has 0 spiro atoms. The van der Waals surface area contributed by atoms with Crippen molar-refractivity contribution >= 4 is 5.95 Å². The van der Waals surface area contributed by atoms with Crippen LogP contribution in [-0.2, 0) is 5.41 Å². The number of aromatic nitrogens is 2. The van der Waals surface area contributed by atoms with Crippen molar-refractivity contribution < 1.29 is 4.74 Å². The molecule has 0 aliphatic carbocycles. The van der Waals surface area contributed by atoms with Gasteiger partial charge in [-0.15, -0.1) is 0 Å². The van der Waals surface area contributed by atoms with Crippen molar-refractivity contribution in [1.82, 2.24) is 9.97 Å². The number of nitrogens with zero attached hydrogens (tertiary/aromatic N) is 2. The van der Waals surface area contributed by atoms with Crippen molar-refractivity contribution in [2.75, 3.05) is 11.9 Å². The number of rotatable bonds is 4. The molecule has 0 aliphatic heterocycles. The summed E-state index contributed by atoms with van der Waals surface area (Å²) in [7, 11) is 0. The predicted octanol–water partition coefficient (Wildman–Crippen LogP) is 4.31. The largest absolute Gasteiger partial charge is 0.439 e. The zero-order chi connectivity index (χ0) is 15.5. The molecule has 0 fully saturated rings. The topological polar surface area (TPSA) is 47.0 Å². The van der Waals surface area contributed by atoms with Crippen LogP contribution in [0.4, 0.5) is 5.95 Å². The second-order valence-electron chi connectivity index (χ2n) is 6.09. The number of ether oxygens (including phenoxy) is 1. The van der Waals surface area contributed by atoms with Crippen LogP contribution in [0.25, 0.3) is 0 Å². The molecule has 2 aromatic rings. The van der Waals surface area contributed by atoms with E-state index in [1.54, 1.807) is 6.20 Å². The summed E-state index contributed by atoms with van der Waals surface area (Å²) in [5, 5.41) is 3.09. The lowest BCUT2D eigenvalue weighted by Crippen LogP contribution is -2.10. The minimum atomic E-state index is 0.140. The highest BCUT2D eigenvalue weighted by atomic mass is 16.5. The molecule has 2 rings (SSSR count). The second-order valence-corrected chi connectivity index (χ2v) is 6.09. The molecular weight excluding hydrogens is 262 g/mol. The highest BCUT2D eigenvalue weighted by Crippen LogP contribution is 2.27. The highest BCUT2D eigenvalue weighted by Gasteiger charge is 2.13. The Balaban J connectivity index is 2.20. The zero-order valence-corrected chi connectivity index (χ0v) is 13.4. The van der Waals surface area contributed by atoms with Crippen molar-refractivity contribution in [3.63, 3.8) is 0 Å². The maximum absolute atomic E-state index is 5.87. The molecule has 1 heterocycles. The van der Waals surface area contributed by atoms with E-state index in [0.717, 1.165) is 17.9 Å². The number of benzene rings is 1. The molecule has 1 aromatic carbocycles. The van der Waals surface area contributed by atoms with Crippen molar-refractivity contribution in [1.29, 1.82) is 0 Å². The summed E-state index contributed by atoms with van der Waals surface area (Å²) in [6, 6.07) is 8.15. The van der Waals surface area contributed by atoms with Crippen LogP contribution >= 0.6 is 0 Å². The summed E-state index contributed by atoms with van der Waals surface area (Å²) in [4.78, 5) is 8.60. The quantitative estimate of drug-likeness (QED) is 0.909. The van der Waals surface area contributed by atoms with Gasteiger partial charge in [0.15, 0.2) is 0 Å². The van der Waals surface area contributed by atoms with E-state index in [-0.39, 0.29) is 5.41 Å². The Kier molecular flexibility index (Phi) is 4.46. The average Bonchev–Trinajstić information content (AvgIpc) is 2.42. The fourth-order valence-corrected chi connectivity index (χ4v) is 1.91. The van der Waals surface area contributed by atoms with Crippen molar-refractivity contribution in [3.05, 3.63) is 41.6 Å². The molecule has 0 amide bonds. The van der Waals surface area contributed by atoms with Crippen LogP contribution in [0.15, 0.2) is 30.5 Å². The van der Waals surface area contributed by atoms with E-state index in [2.05, 4.69) is 48.2 Å². The van der Waals surface area contributed by atoms with Gasteiger partial charge in [0.05, 0.1) is 0 Å². The molecule has 0 bridgehead atoms. The van der Waals surface area contributed by atoms with Gasteiger partial charge in [-0.25, -0.2) is 4.98 Å². The normalized spacial score (nSPS) is 11.3. The van der Waals surface area contributed by atoms with Gasteiger partial charge in [0.25, 0.3) is 0 Å². The SMILES string of the molecule is CCNc1ncc(C)c(Oc2ccc(C(C)(C)C)cc2)n1. The molecule has 21 heavy (non-hydrogen) atoms. The van der Waals surface area contributed by atoms with Crippen LogP contribution in [0, 0.1) is 6.92 Å². The highest BCUT2D eigenvalue weighted by molar-refractivity contribution is 5.37. The maximum atomic E-state index is 5.87. The van der Waals surface area contributed by atoms with Gasteiger partial charge in [-0.3, -0.25) is 0 Å². The average molecular weight is 285 g/mol. The van der Waals surface area contributed by atoms with E-state index in [0.29, 0.717) is 11.8 Å². The summed E-state index contributed by atoms with van der Waals surface area (Å²) >= 11 is 0. The van der Waals surface area contributed by atoms with Crippen molar-refractivity contribution in [2.24, 2.45) is 0 Å². The van der Waals surface area contributed by atoms with E-state index in [1.807, 2.05) is 26.0 Å². The summed E-state index contributed by atoms with van der Waals surface area (Å²) in [5.41, 5.74) is 2.33. The molecule has 4 nitrogen and oxygen atoms in total. The van der Waals surface area contributed by atoms with Crippen LogP contribution in [0.1, 0.15) is 38.8 Å². The Morgan fingerprint density at radius 2 is 1.81 bits per heavy atom. The van der Waals surface area contributed by atoms with Crippen LogP contribution in [-0.4, -0.2) is 16.5 Å². The third kappa shape index (κ3) is 3.94. The molecule has 0 aliphatic rings. The summed E-state index contributed by atoms with van der Waals surface area (Å²) in [6.45, 7) is 11.3. The molecule has 0 radical (unpaired) electrons. The maximum Gasteiger partial charge on any atom is 0.226 e. The number of anilines is 1. The van der Waals surface area contributed by atoms with Crippen LogP contribution in [0.5, 0.6) is 11.6 Å². The standard InChI is InChI=1S/C17H23N3O/c1-6-18-16-19-11-12(2)15(20-16)21-14-9-7-13(8-10-14)17(3,4)5/h7-11H,6H2,1-5H3,(H,18,19,20). The van der Waals surface area contributed by atoms with Gasteiger partial charge >= 0.3 is 0 Å². The Morgan fingerprint density at radius 3 is 2.38 bits per heavy atom. The van der Waals surface area contributed by atoms with Gasteiger partial charge in [0.1, 0.15) is 5.75 Å². The second kappa shape index (κ2) is 6.12. The van der Waals surface area contributed by atoms with E-state index in [1.165, 1.54) is 5.56 Å². The van der Waals surface area contributed by atoms with Crippen molar-refractivity contribution in [2.45, 2.75) is 40.0 Å². The molecule has 0 saturated heterocycles. The van der Waals surface area contributed by atoms with Gasteiger partial charge in [-0.05, 0) is 37.0 Å². The fourth-order valence-electron chi connectivity index (χ4n) is 1.91. The minimum absolute atomic E-state index is 0.140. The molecule has 0 unspecified atom stereocenters. The third-order valence-electron chi connectivity index (χ3n) is 3.20. The minimum Gasteiger partial charge on any atom is -0.439 e. The first-order chi connectivity index (χ1) is 9.90. The fraction of sp³-hybridized carbons (Fsp3) is 0.412. The van der Waals surface area contributed by atoms with Crippen LogP contribution in [0.3, 0.4) is 0 Å².